The van der Waals surface area contributed by atoms with Crippen molar-refractivity contribution in [2.45, 2.75) is 39.2 Å². The highest BCUT2D eigenvalue weighted by atomic mass is 15.3. The van der Waals surface area contributed by atoms with Gasteiger partial charge in [0.25, 0.3) is 0 Å². The third-order valence-corrected chi connectivity index (χ3v) is 4.12. The molecule has 0 bridgehead atoms. The van der Waals surface area contributed by atoms with E-state index < -0.39 is 0 Å². The van der Waals surface area contributed by atoms with Crippen molar-refractivity contribution in [2.75, 3.05) is 5.73 Å². The minimum Gasteiger partial charge on any atom is -0.396 e. The number of nitrogen functional groups attached to an aromatic ring is 1. The van der Waals surface area contributed by atoms with Crippen LogP contribution in [0.25, 0.3) is 11.3 Å². The molecule has 1 aliphatic carbocycles. The summed E-state index contributed by atoms with van der Waals surface area (Å²) in [4.78, 5) is 0. The minimum absolute atomic E-state index is 0.464. The molecule has 1 fully saturated rings. The molecule has 0 amide bonds. The van der Waals surface area contributed by atoms with Gasteiger partial charge in [0.05, 0.1) is 11.7 Å². The molecule has 2 aromatic rings. The molecule has 19 heavy (non-hydrogen) atoms. The summed E-state index contributed by atoms with van der Waals surface area (Å²) < 4.78 is 2.04. The summed E-state index contributed by atoms with van der Waals surface area (Å²) in [5.74, 6) is 0.787. The highest BCUT2D eigenvalue weighted by Gasteiger charge is 2.30. The highest BCUT2D eigenvalue weighted by molar-refractivity contribution is 5.72. The minimum atomic E-state index is 0.464. The molecule has 2 N–H and O–H groups in total. The van der Waals surface area contributed by atoms with Gasteiger partial charge in [-0.15, -0.1) is 0 Å². The first-order valence-electron chi connectivity index (χ1n) is 7.13. The number of rotatable bonds is 4. The normalized spacial score (nSPS) is 16.5. The lowest BCUT2D eigenvalue weighted by Gasteiger charge is -2.09. The van der Waals surface area contributed by atoms with Crippen LogP contribution in [0.3, 0.4) is 0 Å². The van der Waals surface area contributed by atoms with Crippen molar-refractivity contribution >= 4 is 5.69 Å². The van der Waals surface area contributed by atoms with E-state index in [4.69, 9.17) is 5.73 Å². The lowest BCUT2D eigenvalue weighted by atomic mass is 10.1. The van der Waals surface area contributed by atoms with Gasteiger partial charge in [0.2, 0.25) is 0 Å². The molecule has 0 aliphatic heterocycles. The molecule has 3 rings (SSSR count). The van der Waals surface area contributed by atoms with Crippen LogP contribution < -0.4 is 5.73 Å². The van der Waals surface area contributed by atoms with Crippen molar-refractivity contribution in [3.63, 3.8) is 0 Å². The SMILES string of the molecule is CCc1ccc(-c2nn(C(C)C3CC3)cc2N)cc1. The van der Waals surface area contributed by atoms with Crippen LogP contribution in [0.4, 0.5) is 5.69 Å². The molecule has 1 aliphatic rings. The summed E-state index contributed by atoms with van der Waals surface area (Å²) in [5.41, 5.74) is 10.3. The fourth-order valence-electron chi connectivity index (χ4n) is 2.53. The Balaban J connectivity index is 1.90. The summed E-state index contributed by atoms with van der Waals surface area (Å²) in [6.07, 6.45) is 5.68. The van der Waals surface area contributed by atoms with Crippen molar-refractivity contribution < 1.29 is 0 Å². The van der Waals surface area contributed by atoms with Gasteiger partial charge in [0.15, 0.2) is 0 Å². The molecule has 1 aromatic carbocycles. The second-order valence-electron chi connectivity index (χ2n) is 5.54. The Morgan fingerprint density at radius 3 is 2.58 bits per heavy atom. The smallest absolute Gasteiger partial charge is 0.115 e. The Kier molecular flexibility index (Phi) is 3.05. The first-order chi connectivity index (χ1) is 9.19. The number of anilines is 1. The average Bonchev–Trinajstić information content (AvgIpc) is 3.21. The van der Waals surface area contributed by atoms with Crippen molar-refractivity contribution in [1.82, 2.24) is 9.78 Å². The van der Waals surface area contributed by atoms with Crippen molar-refractivity contribution in [3.8, 4) is 11.3 Å². The Morgan fingerprint density at radius 1 is 1.32 bits per heavy atom. The zero-order valence-corrected chi connectivity index (χ0v) is 11.6. The topological polar surface area (TPSA) is 43.8 Å². The van der Waals surface area contributed by atoms with Crippen LogP contribution in [-0.4, -0.2) is 9.78 Å². The predicted octanol–water partition coefficient (Wildman–Crippen LogP) is 3.67. The molecule has 0 spiro atoms. The number of nitrogens with zero attached hydrogens (tertiary/aromatic N) is 2. The first kappa shape index (κ1) is 12.3. The second kappa shape index (κ2) is 4.72. The second-order valence-corrected chi connectivity index (χ2v) is 5.54. The van der Waals surface area contributed by atoms with Gasteiger partial charge in [-0.05, 0) is 37.7 Å². The van der Waals surface area contributed by atoms with Crippen molar-refractivity contribution in [1.29, 1.82) is 0 Å². The molecule has 0 radical (unpaired) electrons. The number of hydrogen-bond donors (Lipinski definition) is 1. The molecule has 1 aromatic heterocycles. The van der Waals surface area contributed by atoms with E-state index in [9.17, 15) is 0 Å². The summed E-state index contributed by atoms with van der Waals surface area (Å²) in [5, 5.41) is 4.69. The zero-order chi connectivity index (χ0) is 13.4. The maximum atomic E-state index is 6.12. The van der Waals surface area contributed by atoms with Gasteiger partial charge >= 0.3 is 0 Å². The quantitative estimate of drug-likeness (QED) is 0.906. The Morgan fingerprint density at radius 2 is 2.00 bits per heavy atom. The van der Waals surface area contributed by atoms with Gasteiger partial charge < -0.3 is 5.73 Å². The maximum absolute atomic E-state index is 6.12. The van der Waals surface area contributed by atoms with Crippen LogP contribution in [0.15, 0.2) is 30.5 Å². The van der Waals surface area contributed by atoms with Crippen LogP contribution in [0, 0.1) is 5.92 Å². The van der Waals surface area contributed by atoms with Crippen LogP contribution in [0.2, 0.25) is 0 Å². The van der Waals surface area contributed by atoms with E-state index in [1.165, 1.54) is 18.4 Å². The van der Waals surface area contributed by atoms with E-state index in [1.807, 2.05) is 10.9 Å². The third-order valence-electron chi connectivity index (χ3n) is 4.12. The fraction of sp³-hybridized carbons (Fsp3) is 0.438. The van der Waals surface area contributed by atoms with E-state index in [-0.39, 0.29) is 0 Å². The van der Waals surface area contributed by atoms with E-state index in [2.05, 4.69) is 43.2 Å². The standard InChI is InChI=1S/C16H21N3/c1-3-12-4-6-14(7-5-12)16-15(17)10-19(18-16)11(2)13-8-9-13/h4-7,10-11,13H,3,8-9,17H2,1-2H3. The molecule has 1 heterocycles. The molecule has 100 valence electrons. The van der Waals surface area contributed by atoms with E-state index in [1.54, 1.807) is 0 Å². The predicted molar refractivity (Wildman–Crippen MR) is 78.9 cm³/mol. The van der Waals surface area contributed by atoms with Crippen molar-refractivity contribution in [2.24, 2.45) is 5.92 Å². The molecule has 1 unspecified atom stereocenters. The zero-order valence-electron chi connectivity index (χ0n) is 11.6. The molecule has 1 atom stereocenters. The number of aromatic nitrogens is 2. The van der Waals surface area contributed by atoms with E-state index in [0.29, 0.717) is 6.04 Å². The molecule has 3 nitrogen and oxygen atoms in total. The van der Waals surface area contributed by atoms with Gasteiger partial charge in [-0.1, -0.05) is 31.2 Å². The van der Waals surface area contributed by atoms with Gasteiger partial charge in [-0.2, -0.15) is 5.10 Å². The number of aryl methyl sites for hydroxylation is 1. The number of hydrogen-bond acceptors (Lipinski definition) is 2. The number of benzene rings is 1. The largest absolute Gasteiger partial charge is 0.396 e. The lowest BCUT2D eigenvalue weighted by Crippen LogP contribution is -2.07. The van der Waals surface area contributed by atoms with Crippen molar-refractivity contribution in [3.05, 3.63) is 36.0 Å². The van der Waals surface area contributed by atoms with Crippen LogP contribution in [0.1, 0.15) is 38.3 Å². The summed E-state index contributed by atoms with van der Waals surface area (Å²) >= 11 is 0. The third kappa shape index (κ3) is 2.37. The Bertz CT molecular complexity index is 564. The molecule has 1 saturated carbocycles. The van der Waals surface area contributed by atoms with E-state index in [0.717, 1.165) is 29.3 Å². The Labute approximate surface area is 114 Å². The van der Waals surface area contributed by atoms with Gasteiger partial charge in [-0.25, -0.2) is 0 Å². The summed E-state index contributed by atoms with van der Waals surface area (Å²) in [6, 6.07) is 9.00. The molecular formula is C16H21N3. The molecular weight excluding hydrogens is 234 g/mol. The Hall–Kier alpha value is -1.77. The van der Waals surface area contributed by atoms with Crippen LogP contribution in [0.5, 0.6) is 0 Å². The summed E-state index contributed by atoms with van der Waals surface area (Å²) in [6.45, 7) is 4.39. The van der Waals surface area contributed by atoms with E-state index >= 15 is 0 Å². The molecule has 0 saturated heterocycles. The fourth-order valence-corrected chi connectivity index (χ4v) is 2.53. The maximum Gasteiger partial charge on any atom is 0.115 e. The number of nitrogens with two attached hydrogens (primary N) is 1. The highest BCUT2D eigenvalue weighted by Crippen LogP contribution is 2.40. The first-order valence-corrected chi connectivity index (χ1v) is 7.13. The molecule has 3 heteroatoms. The van der Waals surface area contributed by atoms with Crippen LogP contribution in [-0.2, 0) is 6.42 Å². The lowest BCUT2D eigenvalue weighted by molar-refractivity contribution is 0.441. The monoisotopic (exact) mass is 255 g/mol. The average molecular weight is 255 g/mol. The summed E-state index contributed by atoms with van der Waals surface area (Å²) in [7, 11) is 0. The van der Waals surface area contributed by atoms with Gasteiger partial charge in [0, 0.05) is 11.8 Å². The van der Waals surface area contributed by atoms with Crippen LogP contribution >= 0.6 is 0 Å². The van der Waals surface area contributed by atoms with Gasteiger partial charge in [0.1, 0.15) is 5.69 Å². The van der Waals surface area contributed by atoms with Gasteiger partial charge in [-0.3, -0.25) is 4.68 Å².